The number of nitrogens with one attached hydrogen (secondary N) is 1. The Morgan fingerprint density at radius 3 is 1.95 bits per heavy atom. The first kappa shape index (κ1) is 21.2. The molecule has 0 aromatic rings. The van der Waals surface area contributed by atoms with Gasteiger partial charge < -0.3 is 10.4 Å². The lowest BCUT2D eigenvalue weighted by Crippen LogP contribution is -2.17. The lowest BCUT2D eigenvalue weighted by Gasteiger charge is -2.30. The van der Waals surface area contributed by atoms with Gasteiger partial charge in [0.05, 0.1) is 6.54 Å². The van der Waals surface area contributed by atoms with Crippen molar-refractivity contribution in [3.63, 3.8) is 0 Å². The first-order valence-electron chi connectivity index (χ1n) is 7.52. The molecule has 0 bridgehead atoms. The Morgan fingerprint density at radius 2 is 1.68 bits per heavy atom. The highest BCUT2D eigenvalue weighted by molar-refractivity contribution is 7.36. The third kappa shape index (κ3) is 12.6. The molecule has 2 N–H and O–H groups in total. The molecule has 116 valence electrons. The van der Waals surface area contributed by atoms with E-state index in [2.05, 4.69) is 32.8 Å². The number of carboxylic acid groups (broad SMARTS) is 1. The van der Waals surface area contributed by atoms with Crippen LogP contribution < -0.4 is 5.32 Å². The van der Waals surface area contributed by atoms with Crippen LogP contribution in [0.3, 0.4) is 0 Å². The second-order valence-corrected chi connectivity index (χ2v) is 6.25. The van der Waals surface area contributed by atoms with E-state index < -0.39 is 5.97 Å². The number of aliphatic carboxylic acids is 1. The standard InChI is InChI=1S/C12H27P.C3H7NO2/c1-5-12(6-2,7-3)10-8-9-11-13-4;1-4-2-3(5)6/h13H,5-11H2,1-4H3;4H,2H2,1H3,(H,5,6). The Labute approximate surface area is 121 Å². The molecule has 0 aliphatic carbocycles. The van der Waals surface area contributed by atoms with Crippen LogP contribution >= 0.6 is 8.58 Å². The van der Waals surface area contributed by atoms with Gasteiger partial charge in [-0.05, 0) is 38.1 Å². The zero-order valence-corrected chi connectivity index (χ0v) is 14.5. The number of hydrogen-bond acceptors (Lipinski definition) is 2. The second-order valence-electron chi connectivity index (χ2n) is 5.05. The van der Waals surface area contributed by atoms with E-state index in [1.807, 2.05) is 0 Å². The van der Waals surface area contributed by atoms with Gasteiger partial charge in [0.1, 0.15) is 0 Å². The van der Waals surface area contributed by atoms with Crippen LogP contribution in [0.2, 0.25) is 0 Å². The number of rotatable bonds is 10. The quantitative estimate of drug-likeness (QED) is 0.473. The van der Waals surface area contributed by atoms with Gasteiger partial charge in [-0.1, -0.05) is 46.5 Å². The Morgan fingerprint density at radius 1 is 1.16 bits per heavy atom. The fourth-order valence-electron chi connectivity index (χ4n) is 2.23. The van der Waals surface area contributed by atoms with E-state index in [0.29, 0.717) is 5.41 Å². The maximum atomic E-state index is 9.54. The molecule has 0 radical (unpaired) electrons. The maximum Gasteiger partial charge on any atom is 0.317 e. The molecule has 1 unspecified atom stereocenters. The molecule has 0 rings (SSSR count). The van der Waals surface area contributed by atoms with E-state index in [9.17, 15) is 4.79 Å². The second kappa shape index (κ2) is 14.3. The SMILES string of the molecule is CCC(CC)(CC)CCCCPC.CNCC(=O)O. The van der Waals surface area contributed by atoms with Crippen LogP contribution in [0.1, 0.15) is 59.3 Å². The molecule has 0 saturated carbocycles. The zero-order valence-electron chi connectivity index (χ0n) is 13.5. The molecule has 0 aliphatic rings. The largest absolute Gasteiger partial charge is 0.480 e. The third-order valence-electron chi connectivity index (χ3n) is 3.96. The van der Waals surface area contributed by atoms with Crippen molar-refractivity contribution >= 4 is 14.6 Å². The summed E-state index contributed by atoms with van der Waals surface area (Å²) in [6.45, 7) is 9.42. The van der Waals surface area contributed by atoms with Gasteiger partial charge in [0.15, 0.2) is 0 Å². The average Bonchev–Trinajstić information content (AvgIpc) is 2.40. The monoisotopic (exact) mass is 291 g/mol. The van der Waals surface area contributed by atoms with E-state index in [0.717, 1.165) is 8.58 Å². The molecular formula is C15H34NO2P. The van der Waals surface area contributed by atoms with E-state index in [4.69, 9.17) is 5.11 Å². The van der Waals surface area contributed by atoms with Gasteiger partial charge in [-0.3, -0.25) is 4.79 Å². The molecule has 19 heavy (non-hydrogen) atoms. The fourth-order valence-corrected chi connectivity index (χ4v) is 2.84. The molecule has 1 atom stereocenters. The van der Waals surface area contributed by atoms with Crippen molar-refractivity contribution in [2.24, 2.45) is 5.41 Å². The third-order valence-corrected chi connectivity index (χ3v) is 4.82. The highest BCUT2D eigenvalue weighted by Gasteiger charge is 2.22. The van der Waals surface area contributed by atoms with Crippen molar-refractivity contribution < 1.29 is 9.90 Å². The lowest BCUT2D eigenvalue weighted by molar-refractivity contribution is -0.135. The van der Waals surface area contributed by atoms with Crippen molar-refractivity contribution in [1.82, 2.24) is 5.32 Å². The minimum Gasteiger partial charge on any atom is -0.480 e. The van der Waals surface area contributed by atoms with Gasteiger partial charge in [-0.2, -0.15) is 0 Å². The first-order chi connectivity index (χ1) is 9.01. The minimum absolute atomic E-state index is 0.0417. The number of likely N-dealkylation sites (N-methyl/N-ethyl adjacent to an activating group) is 1. The molecular weight excluding hydrogens is 257 g/mol. The summed E-state index contributed by atoms with van der Waals surface area (Å²) in [5.74, 6) is -0.822. The summed E-state index contributed by atoms with van der Waals surface area (Å²) in [4.78, 5) is 9.54. The topological polar surface area (TPSA) is 49.3 Å². The van der Waals surface area contributed by atoms with Gasteiger partial charge in [0.2, 0.25) is 0 Å². The predicted molar refractivity (Wildman–Crippen MR) is 87.8 cm³/mol. The molecule has 0 heterocycles. The van der Waals surface area contributed by atoms with Crippen LogP contribution in [0.5, 0.6) is 0 Å². The molecule has 0 fully saturated rings. The molecule has 0 aromatic heterocycles. The molecule has 0 amide bonds. The predicted octanol–water partition coefficient (Wildman–Crippen LogP) is 3.97. The maximum absolute atomic E-state index is 9.54. The molecule has 0 saturated heterocycles. The van der Waals surface area contributed by atoms with Crippen LogP contribution in [-0.2, 0) is 4.79 Å². The Bertz CT molecular complexity index is 198. The molecule has 0 aromatic carbocycles. The number of hydrogen-bond donors (Lipinski definition) is 2. The molecule has 0 aliphatic heterocycles. The van der Waals surface area contributed by atoms with Crippen molar-refractivity contribution in [1.29, 1.82) is 0 Å². The number of carbonyl (C=O) groups is 1. The zero-order chi connectivity index (χ0) is 15.1. The van der Waals surface area contributed by atoms with Crippen molar-refractivity contribution in [3.8, 4) is 0 Å². The van der Waals surface area contributed by atoms with E-state index in [-0.39, 0.29) is 6.54 Å². The molecule has 3 nitrogen and oxygen atoms in total. The average molecular weight is 291 g/mol. The Hall–Kier alpha value is -0.140. The van der Waals surface area contributed by atoms with Crippen LogP contribution in [-0.4, -0.2) is 37.5 Å². The summed E-state index contributed by atoms with van der Waals surface area (Å²) < 4.78 is 0. The summed E-state index contributed by atoms with van der Waals surface area (Å²) in [7, 11) is 2.74. The van der Waals surface area contributed by atoms with Crippen LogP contribution in [0.25, 0.3) is 0 Å². The number of unbranched alkanes of at least 4 members (excludes halogenated alkanes) is 1. The lowest BCUT2D eigenvalue weighted by atomic mass is 9.76. The van der Waals surface area contributed by atoms with Crippen molar-refractivity contribution in [2.75, 3.05) is 26.4 Å². The van der Waals surface area contributed by atoms with E-state index >= 15 is 0 Å². The van der Waals surface area contributed by atoms with Gasteiger partial charge in [0, 0.05) is 0 Å². The first-order valence-corrected chi connectivity index (χ1v) is 9.23. The summed E-state index contributed by atoms with van der Waals surface area (Å²) in [6.07, 6.45) is 9.93. The molecule has 4 heteroatoms. The van der Waals surface area contributed by atoms with Gasteiger partial charge in [-0.15, -0.1) is 8.58 Å². The van der Waals surface area contributed by atoms with E-state index in [1.165, 1.54) is 44.7 Å². The van der Waals surface area contributed by atoms with Gasteiger partial charge in [0.25, 0.3) is 0 Å². The van der Waals surface area contributed by atoms with Gasteiger partial charge >= 0.3 is 5.97 Å². The highest BCUT2D eigenvalue weighted by Crippen LogP contribution is 2.36. The van der Waals surface area contributed by atoms with E-state index in [1.54, 1.807) is 7.05 Å². The summed E-state index contributed by atoms with van der Waals surface area (Å²) in [5.41, 5.74) is 0.677. The summed E-state index contributed by atoms with van der Waals surface area (Å²) in [6, 6.07) is 0. The smallest absolute Gasteiger partial charge is 0.317 e. The van der Waals surface area contributed by atoms with Gasteiger partial charge in [-0.25, -0.2) is 0 Å². The van der Waals surface area contributed by atoms with Crippen molar-refractivity contribution in [3.05, 3.63) is 0 Å². The number of carboxylic acids is 1. The van der Waals surface area contributed by atoms with Crippen LogP contribution in [0.15, 0.2) is 0 Å². The summed E-state index contributed by atoms with van der Waals surface area (Å²) >= 11 is 0. The Balaban J connectivity index is 0. The minimum atomic E-state index is -0.822. The van der Waals surface area contributed by atoms with Crippen molar-refractivity contribution in [2.45, 2.75) is 59.3 Å². The summed E-state index contributed by atoms with van der Waals surface area (Å²) in [5, 5.41) is 10.3. The molecule has 0 spiro atoms. The highest BCUT2D eigenvalue weighted by atomic mass is 31.1. The normalized spacial score (nSPS) is 11.4. The van der Waals surface area contributed by atoms with Crippen LogP contribution in [0.4, 0.5) is 0 Å². The Kier molecular flexibility index (Phi) is 15.9. The fraction of sp³-hybridized carbons (Fsp3) is 0.933. The van der Waals surface area contributed by atoms with Crippen LogP contribution in [0, 0.1) is 5.41 Å².